The molecule has 1 aromatic heterocycles. The number of amides is 1. The smallest absolute Gasteiger partial charge is 0.254 e. The number of anilines is 1. The maximum Gasteiger partial charge on any atom is 0.254 e. The van der Waals surface area contributed by atoms with Crippen LogP contribution in [0.25, 0.3) is 0 Å². The summed E-state index contributed by atoms with van der Waals surface area (Å²) in [6.45, 7) is 3.02. The molecule has 0 spiro atoms. The van der Waals surface area contributed by atoms with Crippen LogP contribution in [-0.4, -0.2) is 44.8 Å². The Balaban J connectivity index is 3.27. The van der Waals surface area contributed by atoms with E-state index >= 15 is 0 Å². The van der Waals surface area contributed by atoms with Crippen LogP contribution in [0.4, 0.5) is 5.13 Å². The lowest BCUT2D eigenvalue weighted by atomic mass is 10.6. The number of hydrogen-bond donors (Lipinski definition) is 0. The SMILES string of the molecule is CC(=O)N(C)c1nc(C)c(S(=O)(=O)N(C)C)s1. The second-order valence-corrected chi connectivity index (χ2v) is 7.06. The van der Waals surface area contributed by atoms with Gasteiger partial charge in [-0.2, -0.15) is 0 Å². The van der Waals surface area contributed by atoms with Gasteiger partial charge in [0.05, 0.1) is 5.69 Å². The quantitative estimate of drug-likeness (QED) is 0.815. The van der Waals surface area contributed by atoms with Gasteiger partial charge in [-0.25, -0.2) is 17.7 Å². The number of aryl methyl sites for hydroxylation is 1. The monoisotopic (exact) mass is 277 g/mol. The van der Waals surface area contributed by atoms with E-state index in [9.17, 15) is 13.2 Å². The molecule has 0 N–H and O–H groups in total. The Hall–Kier alpha value is -0.990. The molecule has 1 rings (SSSR count). The molecule has 0 saturated carbocycles. The third-order valence-electron chi connectivity index (χ3n) is 2.22. The first-order valence-electron chi connectivity index (χ1n) is 4.82. The van der Waals surface area contributed by atoms with Crippen LogP contribution in [0.3, 0.4) is 0 Å². The standard InChI is InChI=1S/C9H15N3O3S2/c1-6-8(17(14,15)11(3)4)16-9(10-6)12(5)7(2)13/h1-5H3. The molecule has 1 heterocycles. The van der Waals surface area contributed by atoms with Crippen LogP contribution in [-0.2, 0) is 14.8 Å². The molecule has 0 unspecified atom stereocenters. The van der Waals surface area contributed by atoms with Crippen LogP contribution in [0.2, 0.25) is 0 Å². The van der Waals surface area contributed by atoms with E-state index < -0.39 is 10.0 Å². The van der Waals surface area contributed by atoms with Gasteiger partial charge in [0.15, 0.2) is 9.34 Å². The fraction of sp³-hybridized carbons (Fsp3) is 0.556. The molecule has 8 heteroatoms. The highest BCUT2D eigenvalue weighted by atomic mass is 32.2. The number of carbonyl (C=O) groups excluding carboxylic acids is 1. The summed E-state index contributed by atoms with van der Waals surface area (Å²) in [6, 6.07) is 0. The lowest BCUT2D eigenvalue weighted by molar-refractivity contribution is -0.116. The minimum Gasteiger partial charge on any atom is -0.291 e. The highest BCUT2D eigenvalue weighted by Gasteiger charge is 2.25. The molecular formula is C9H15N3O3S2. The molecule has 0 aliphatic carbocycles. The number of thiazole rings is 1. The van der Waals surface area contributed by atoms with Gasteiger partial charge in [-0.05, 0) is 6.92 Å². The predicted octanol–water partition coefficient (Wildman–Crippen LogP) is 0.685. The molecule has 0 saturated heterocycles. The predicted molar refractivity (Wildman–Crippen MR) is 66.8 cm³/mol. The molecule has 0 aromatic carbocycles. The zero-order chi connectivity index (χ0) is 13.4. The molecule has 0 aliphatic heterocycles. The van der Waals surface area contributed by atoms with E-state index in [1.165, 1.54) is 25.9 Å². The van der Waals surface area contributed by atoms with E-state index in [2.05, 4.69) is 4.98 Å². The van der Waals surface area contributed by atoms with E-state index in [0.29, 0.717) is 10.8 Å². The Kier molecular flexibility index (Phi) is 3.90. The van der Waals surface area contributed by atoms with Gasteiger partial charge in [-0.15, -0.1) is 0 Å². The molecule has 0 atom stereocenters. The largest absolute Gasteiger partial charge is 0.291 e. The van der Waals surface area contributed by atoms with Gasteiger partial charge in [-0.3, -0.25) is 9.69 Å². The second kappa shape index (κ2) is 4.71. The Bertz CT molecular complexity index is 534. The van der Waals surface area contributed by atoms with Crippen LogP contribution < -0.4 is 4.90 Å². The van der Waals surface area contributed by atoms with E-state index in [1.54, 1.807) is 14.0 Å². The summed E-state index contributed by atoms with van der Waals surface area (Å²) in [6.07, 6.45) is 0. The molecule has 17 heavy (non-hydrogen) atoms. The number of aromatic nitrogens is 1. The number of sulfonamides is 1. The van der Waals surface area contributed by atoms with Crippen molar-refractivity contribution in [1.29, 1.82) is 0 Å². The van der Waals surface area contributed by atoms with Gasteiger partial charge in [0.1, 0.15) is 0 Å². The first-order valence-corrected chi connectivity index (χ1v) is 7.08. The van der Waals surface area contributed by atoms with Crippen molar-refractivity contribution in [1.82, 2.24) is 9.29 Å². The Morgan fingerprint density at radius 1 is 1.29 bits per heavy atom. The van der Waals surface area contributed by atoms with Crippen molar-refractivity contribution >= 4 is 32.4 Å². The minimum atomic E-state index is -3.49. The maximum atomic E-state index is 12.0. The van der Waals surface area contributed by atoms with Crippen molar-refractivity contribution in [3.63, 3.8) is 0 Å². The van der Waals surface area contributed by atoms with Crippen molar-refractivity contribution in [2.75, 3.05) is 26.0 Å². The van der Waals surface area contributed by atoms with Gasteiger partial charge in [0.25, 0.3) is 10.0 Å². The topological polar surface area (TPSA) is 70.6 Å². The summed E-state index contributed by atoms with van der Waals surface area (Å²) in [4.78, 5) is 16.6. The minimum absolute atomic E-state index is 0.172. The lowest BCUT2D eigenvalue weighted by Crippen LogP contribution is -2.22. The molecule has 6 nitrogen and oxygen atoms in total. The van der Waals surface area contributed by atoms with Crippen molar-refractivity contribution in [2.45, 2.75) is 18.1 Å². The van der Waals surface area contributed by atoms with Crippen molar-refractivity contribution < 1.29 is 13.2 Å². The fourth-order valence-electron chi connectivity index (χ4n) is 1.05. The Morgan fingerprint density at radius 2 is 1.82 bits per heavy atom. The molecule has 96 valence electrons. The lowest BCUT2D eigenvalue weighted by Gasteiger charge is -2.10. The molecule has 0 fully saturated rings. The number of carbonyl (C=O) groups is 1. The number of rotatable bonds is 3. The molecule has 1 aromatic rings. The first kappa shape index (κ1) is 14.1. The highest BCUT2D eigenvalue weighted by molar-refractivity contribution is 7.91. The highest BCUT2D eigenvalue weighted by Crippen LogP contribution is 2.30. The van der Waals surface area contributed by atoms with Crippen LogP contribution >= 0.6 is 11.3 Å². The van der Waals surface area contributed by atoms with Gasteiger partial charge >= 0.3 is 0 Å². The van der Waals surface area contributed by atoms with E-state index in [0.717, 1.165) is 15.6 Å². The van der Waals surface area contributed by atoms with E-state index in [-0.39, 0.29) is 10.1 Å². The van der Waals surface area contributed by atoms with Gasteiger partial charge < -0.3 is 0 Å². The Morgan fingerprint density at radius 3 is 2.24 bits per heavy atom. The summed E-state index contributed by atoms with van der Waals surface area (Å²) < 4.78 is 25.2. The zero-order valence-corrected chi connectivity index (χ0v) is 12.0. The Labute approximate surface area is 105 Å². The van der Waals surface area contributed by atoms with Crippen molar-refractivity contribution in [3.8, 4) is 0 Å². The van der Waals surface area contributed by atoms with E-state index in [1.807, 2.05) is 0 Å². The number of hydrogen-bond acceptors (Lipinski definition) is 5. The van der Waals surface area contributed by atoms with Crippen LogP contribution in [0.1, 0.15) is 12.6 Å². The summed E-state index contributed by atoms with van der Waals surface area (Å²) in [5.74, 6) is -0.187. The molecule has 0 aliphatic rings. The molecular weight excluding hydrogens is 262 g/mol. The summed E-state index contributed by atoms with van der Waals surface area (Å²) in [5, 5.41) is 0.385. The van der Waals surface area contributed by atoms with Crippen LogP contribution in [0.15, 0.2) is 4.21 Å². The number of nitrogens with zero attached hydrogens (tertiary/aromatic N) is 3. The second-order valence-electron chi connectivity index (χ2n) is 3.73. The van der Waals surface area contributed by atoms with Crippen molar-refractivity contribution in [2.24, 2.45) is 0 Å². The normalized spacial score (nSPS) is 11.9. The van der Waals surface area contributed by atoms with Gasteiger partial charge in [0.2, 0.25) is 5.91 Å². The average molecular weight is 277 g/mol. The van der Waals surface area contributed by atoms with Crippen LogP contribution in [0, 0.1) is 6.92 Å². The molecule has 1 amide bonds. The van der Waals surface area contributed by atoms with Gasteiger partial charge in [0, 0.05) is 28.1 Å². The third kappa shape index (κ3) is 2.64. The maximum absolute atomic E-state index is 12.0. The fourth-order valence-corrected chi connectivity index (χ4v) is 3.70. The molecule has 0 bridgehead atoms. The average Bonchev–Trinajstić information content (AvgIpc) is 2.59. The summed E-state index contributed by atoms with van der Waals surface area (Å²) in [7, 11) is 0.990. The van der Waals surface area contributed by atoms with Crippen molar-refractivity contribution in [3.05, 3.63) is 5.69 Å². The van der Waals surface area contributed by atoms with E-state index in [4.69, 9.17) is 0 Å². The zero-order valence-electron chi connectivity index (χ0n) is 10.4. The van der Waals surface area contributed by atoms with Gasteiger partial charge in [-0.1, -0.05) is 11.3 Å². The summed E-state index contributed by atoms with van der Waals surface area (Å²) >= 11 is 0.996. The first-order chi connectivity index (χ1) is 7.67. The van der Waals surface area contributed by atoms with Crippen LogP contribution in [0.5, 0.6) is 0 Å². The summed E-state index contributed by atoms with van der Waals surface area (Å²) in [5.41, 5.74) is 0.409. The third-order valence-corrected chi connectivity index (χ3v) is 5.85. The molecule has 0 radical (unpaired) electrons.